The number of aryl methyl sites for hydroxylation is 1. The third kappa shape index (κ3) is 3.56. The maximum atomic E-state index is 12.2. The largest absolute Gasteiger partial charge is 0.368 e. The Balaban J connectivity index is 2.08. The monoisotopic (exact) mass is 336 g/mol. The van der Waals surface area contributed by atoms with Crippen LogP contribution in [-0.2, 0) is 22.6 Å². The van der Waals surface area contributed by atoms with Crippen LogP contribution in [0.4, 0.5) is 0 Å². The normalized spacial score (nSPS) is 14.3. The van der Waals surface area contributed by atoms with Gasteiger partial charge in [-0.3, -0.25) is 9.59 Å². The van der Waals surface area contributed by atoms with Gasteiger partial charge in [-0.2, -0.15) is 5.26 Å². The Kier molecular flexibility index (Phi) is 4.57. The fourth-order valence-corrected chi connectivity index (χ4v) is 2.95. The molecule has 6 nitrogen and oxygen atoms in total. The number of hydrogen-bond acceptors (Lipinski definition) is 3. The first kappa shape index (κ1) is 16.8. The standard InChI is InChI=1S/C19H20N4O2/c1-2-12-4-3-5-16-14(10-23(18(12)16)11-17(21)24)8-13(9-20)19(25)22-15-6-7-15/h3-5,8,10,15H,2,6-7,11H2,1H3,(H2,21,24)(H,22,25)/b13-8+. The van der Waals surface area contributed by atoms with E-state index >= 15 is 0 Å². The van der Waals surface area contributed by atoms with E-state index < -0.39 is 5.91 Å². The highest BCUT2D eigenvalue weighted by molar-refractivity contribution is 6.04. The number of primary amides is 1. The zero-order chi connectivity index (χ0) is 18.0. The second-order valence-electron chi connectivity index (χ2n) is 6.26. The molecular weight excluding hydrogens is 316 g/mol. The Labute approximate surface area is 145 Å². The molecule has 0 aliphatic heterocycles. The van der Waals surface area contributed by atoms with Gasteiger partial charge in [-0.15, -0.1) is 0 Å². The van der Waals surface area contributed by atoms with Gasteiger partial charge < -0.3 is 15.6 Å². The summed E-state index contributed by atoms with van der Waals surface area (Å²) < 4.78 is 1.79. The minimum atomic E-state index is -0.440. The van der Waals surface area contributed by atoms with Gasteiger partial charge in [-0.1, -0.05) is 25.1 Å². The van der Waals surface area contributed by atoms with Crippen molar-refractivity contribution in [2.45, 2.75) is 38.8 Å². The lowest BCUT2D eigenvalue weighted by atomic mass is 10.1. The molecule has 1 aromatic heterocycles. The number of fused-ring (bicyclic) bond motifs is 1. The van der Waals surface area contributed by atoms with Crippen LogP contribution >= 0.6 is 0 Å². The third-order valence-corrected chi connectivity index (χ3v) is 4.30. The van der Waals surface area contributed by atoms with E-state index in [0.717, 1.165) is 41.3 Å². The predicted molar refractivity (Wildman–Crippen MR) is 95.3 cm³/mol. The van der Waals surface area contributed by atoms with Crippen molar-refractivity contribution in [3.8, 4) is 6.07 Å². The van der Waals surface area contributed by atoms with Gasteiger partial charge in [0.1, 0.15) is 18.2 Å². The highest BCUT2D eigenvalue weighted by atomic mass is 16.2. The van der Waals surface area contributed by atoms with Crippen LogP contribution < -0.4 is 11.1 Å². The quantitative estimate of drug-likeness (QED) is 0.622. The lowest BCUT2D eigenvalue weighted by molar-refractivity contribution is -0.118. The fraction of sp³-hybridized carbons (Fsp3) is 0.316. The van der Waals surface area contributed by atoms with Crippen molar-refractivity contribution in [1.82, 2.24) is 9.88 Å². The lowest BCUT2D eigenvalue weighted by Crippen LogP contribution is -2.26. The van der Waals surface area contributed by atoms with E-state index in [1.807, 2.05) is 31.2 Å². The van der Waals surface area contributed by atoms with E-state index in [2.05, 4.69) is 5.32 Å². The molecule has 1 saturated carbocycles. The number of amides is 2. The van der Waals surface area contributed by atoms with Crippen LogP contribution in [0.3, 0.4) is 0 Å². The van der Waals surface area contributed by atoms with Crippen molar-refractivity contribution in [2.75, 3.05) is 0 Å². The SMILES string of the molecule is CCc1cccc2c(/C=C(\C#N)C(=O)NC3CC3)cn(CC(N)=O)c12. The highest BCUT2D eigenvalue weighted by Gasteiger charge is 2.25. The van der Waals surface area contributed by atoms with E-state index in [1.54, 1.807) is 16.8 Å². The number of benzene rings is 1. The van der Waals surface area contributed by atoms with Crippen molar-refractivity contribution in [2.24, 2.45) is 5.73 Å². The molecule has 1 aliphatic rings. The summed E-state index contributed by atoms with van der Waals surface area (Å²) in [6.07, 6.45) is 6.08. The fourth-order valence-electron chi connectivity index (χ4n) is 2.95. The molecule has 0 radical (unpaired) electrons. The molecule has 1 aromatic carbocycles. The van der Waals surface area contributed by atoms with Crippen molar-refractivity contribution in [1.29, 1.82) is 5.26 Å². The Hall–Kier alpha value is -3.07. The third-order valence-electron chi connectivity index (χ3n) is 4.30. The molecule has 0 atom stereocenters. The molecule has 2 amide bonds. The molecule has 6 heteroatoms. The Morgan fingerprint density at radius 3 is 2.80 bits per heavy atom. The summed E-state index contributed by atoms with van der Waals surface area (Å²) in [5.74, 6) is -0.794. The van der Waals surface area contributed by atoms with E-state index in [4.69, 9.17) is 5.73 Å². The molecule has 0 unspecified atom stereocenters. The summed E-state index contributed by atoms with van der Waals surface area (Å²) in [6.45, 7) is 2.09. The van der Waals surface area contributed by atoms with Gasteiger partial charge in [0.25, 0.3) is 5.91 Å². The number of hydrogen-bond donors (Lipinski definition) is 2. The van der Waals surface area contributed by atoms with Gasteiger partial charge in [0.05, 0.1) is 5.52 Å². The summed E-state index contributed by atoms with van der Waals surface area (Å²) in [5.41, 5.74) is 8.15. The maximum absolute atomic E-state index is 12.2. The van der Waals surface area contributed by atoms with Crippen molar-refractivity contribution in [3.63, 3.8) is 0 Å². The summed E-state index contributed by atoms with van der Waals surface area (Å²) in [6, 6.07) is 8.02. The van der Waals surface area contributed by atoms with Crippen LogP contribution in [0.2, 0.25) is 0 Å². The molecule has 1 aliphatic carbocycles. The molecule has 2 aromatic rings. The summed E-state index contributed by atoms with van der Waals surface area (Å²) in [7, 11) is 0. The topological polar surface area (TPSA) is 101 Å². The van der Waals surface area contributed by atoms with Crippen LogP contribution in [0.25, 0.3) is 17.0 Å². The zero-order valence-corrected chi connectivity index (χ0v) is 14.1. The van der Waals surface area contributed by atoms with Crippen LogP contribution in [-0.4, -0.2) is 22.4 Å². The van der Waals surface area contributed by atoms with Crippen molar-refractivity contribution < 1.29 is 9.59 Å². The number of nitriles is 1. The van der Waals surface area contributed by atoms with Gasteiger partial charge in [-0.05, 0) is 30.9 Å². The molecule has 0 bridgehead atoms. The van der Waals surface area contributed by atoms with E-state index in [-0.39, 0.29) is 24.1 Å². The highest BCUT2D eigenvalue weighted by Crippen LogP contribution is 2.27. The molecule has 3 rings (SSSR count). The van der Waals surface area contributed by atoms with Crippen LogP contribution in [0, 0.1) is 11.3 Å². The number of nitrogens with two attached hydrogens (primary N) is 1. The molecular formula is C19H20N4O2. The van der Waals surface area contributed by atoms with Gasteiger partial charge in [0.15, 0.2) is 0 Å². The molecule has 1 fully saturated rings. The molecule has 3 N–H and O–H groups in total. The van der Waals surface area contributed by atoms with Crippen molar-refractivity contribution in [3.05, 3.63) is 41.1 Å². The Morgan fingerprint density at radius 2 is 2.20 bits per heavy atom. The number of aromatic nitrogens is 1. The molecule has 0 saturated heterocycles. The lowest BCUT2D eigenvalue weighted by Gasteiger charge is -2.06. The maximum Gasteiger partial charge on any atom is 0.262 e. The second kappa shape index (κ2) is 6.81. The summed E-state index contributed by atoms with van der Waals surface area (Å²) in [4.78, 5) is 23.6. The molecule has 0 spiro atoms. The number of carbonyl (C=O) groups is 2. The Morgan fingerprint density at radius 1 is 1.44 bits per heavy atom. The molecule has 25 heavy (non-hydrogen) atoms. The van der Waals surface area contributed by atoms with E-state index in [9.17, 15) is 14.9 Å². The predicted octanol–water partition coefficient (Wildman–Crippen LogP) is 1.87. The minimum Gasteiger partial charge on any atom is -0.368 e. The van der Waals surface area contributed by atoms with Gasteiger partial charge in [-0.25, -0.2) is 0 Å². The van der Waals surface area contributed by atoms with Crippen LogP contribution in [0.1, 0.15) is 30.9 Å². The number of nitrogens with zero attached hydrogens (tertiary/aromatic N) is 2. The smallest absolute Gasteiger partial charge is 0.262 e. The average Bonchev–Trinajstić information content (AvgIpc) is 3.33. The van der Waals surface area contributed by atoms with Crippen molar-refractivity contribution >= 4 is 28.8 Å². The number of nitrogens with one attached hydrogen (secondary N) is 1. The zero-order valence-electron chi connectivity index (χ0n) is 14.1. The number of carbonyl (C=O) groups excluding carboxylic acids is 2. The number of para-hydroxylation sites is 1. The van der Waals surface area contributed by atoms with Gasteiger partial charge >= 0.3 is 0 Å². The van der Waals surface area contributed by atoms with Gasteiger partial charge in [0.2, 0.25) is 5.91 Å². The first-order valence-corrected chi connectivity index (χ1v) is 8.35. The second-order valence-corrected chi connectivity index (χ2v) is 6.26. The number of rotatable bonds is 6. The first-order valence-electron chi connectivity index (χ1n) is 8.35. The van der Waals surface area contributed by atoms with Crippen LogP contribution in [0.5, 0.6) is 0 Å². The molecule has 1 heterocycles. The summed E-state index contributed by atoms with van der Waals surface area (Å²) >= 11 is 0. The molecule has 128 valence electrons. The average molecular weight is 336 g/mol. The minimum absolute atomic E-state index is 0.0531. The Bertz CT molecular complexity index is 913. The van der Waals surface area contributed by atoms with E-state index in [0.29, 0.717) is 0 Å². The van der Waals surface area contributed by atoms with Gasteiger partial charge in [0, 0.05) is 23.2 Å². The van der Waals surface area contributed by atoms with Crippen LogP contribution in [0.15, 0.2) is 30.0 Å². The van der Waals surface area contributed by atoms with E-state index in [1.165, 1.54) is 0 Å². The first-order chi connectivity index (χ1) is 12.0. The summed E-state index contributed by atoms with van der Waals surface area (Å²) in [5, 5.41) is 13.1.